The monoisotopic (exact) mass is 412 g/mol. The number of hydrogen-bond acceptors (Lipinski definition) is 3. The van der Waals surface area contributed by atoms with Gasteiger partial charge in [0.1, 0.15) is 38.0 Å². The molecule has 7 nitrogen and oxygen atoms in total. The first-order valence-electron chi connectivity index (χ1n) is 10.4. The van der Waals surface area contributed by atoms with Crippen molar-refractivity contribution in [3.63, 3.8) is 0 Å². The van der Waals surface area contributed by atoms with Crippen molar-refractivity contribution in [1.29, 1.82) is 0 Å². The van der Waals surface area contributed by atoms with E-state index in [1.165, 1.54) is 28.0 Å². The van der Waals surface area contributed by atoms with Crippen molar-refractivity contribution in [2.24, 2.45) is 0 Å². The molecule has 0 unspecified atom stereocenters. The van der Waals surface area contributed by atoms with E-state index in [0.29, 0.717) is 18.0 Å². The van der Waals surface area contributed by atoms with Crippen LogP contribution in [0.15, 0.2) is 48.5 Å². The maximum Gasteiger partial charge on any atom is 0.313 e. The van der Waals surface area contributed by atoms with Crippen LogP contribution < -0.4 is 25.2 Å². The number of anilines is 1. The second-order valence-corrected chi connectivity index (χ2v) is 7.94. The van der Waals surface area contributed by atoms with Crippen LogP contribution >= 0.6 is 0 Å². The van der Waals surface area contributed by atoms with Gasteiger partial charge in [0.2, 0.25) is 0 Å². The van der Waals surface area contributed by atoms with E-state index in [1.54, 1.807) is 24.3 Å². The SMILES string of the molecule is COc1ccccc1NC(=O)C(=O)NC[C@H](c1ccc(C)cc1)[NH+]1CC[NH+](C)CC1. The van der Waals surface area contributed by atoms with Gasteiger partial charge in [-0.1, -0.05) is 42.0 Å². The number of benzene rings is 2. The van der Waals surface area contributed by atoms with Crippen molar-refractivity contribution in [2.45, 2.75) is 13.0 Å². The normalized spacial score (nSPS) is 19.6. The number of hydrogen-bond donors (Lipinski definition) is 4. The Labute approximate surface area is 178 Å². The molecule has 1 fully saturated rings. The van der Waals surface area contributed by atoms with Crippen LogP contribution in [0.4, 0.5) is 5.69 Å². The lowest BCUT2D eigenvalue weighted by Gasteiger charge is -2.33. The highest BCUT2D eigenvalue weighted by molar-refractivity contribution is 6.39. The van der Waals surface area contributed by atoms with Gasteiger partial charge in [-0.2, -0.15) is 0 Å². The number of ether oxygens (including phenoxy) is 1. The summed E-state index contributed by atoms with van der Waals surface area (Å²) in [5, 5.41) is 5.47. The highest BCUT2D eigenvalue weighted by atomic mass is 16.5. The first-order valence-corrected chi connectivity index (χ1v) is 10.4. The lowest BCUT2D eigenvalue weighted by molar-refractivity contribution is -1.02. The standard InChI is InChI=1S/C23H30N4O3/c1-17-8-10-18(11-9-17)20(27-14-12-26(2)13-15-27)16-24-22(28)23(29)25-19-6-4-5-7-21(19)30-3/h4-11,20H,12-16H2,1-3H3,(H,24,28)(H,25,29)/p+2/t20-/m1/s1. The molecule has 0 radical (unpaired) electrons. The minimum absolute atomic E-state index is 0.113. The lowest BCUT2D eigenvalue weighted by Crippen LogP contribution is -3.27. The van der Waals surface area contributed by atoms with Gasteiger partial charge in [-0.15, -0.1) is 0 Å². The van der Waals surface area contributed by atoms with Crippen molar-refractivity contribution in [3.05, 3.63) is 59.7 Å². The van der Waals surface area contributed by atoms with E-state index in [1.807, 2.05) is 0 Å². The second kappa shape index (κ2) is 10.2. The molecule has 30 heavy (non-hydrogen) atoms. The van der Waals surface area contributed by atoms with Gasteiger partial charge in [-0.3, -0.25) is 9.59 Å². The van der Waals surface area contributed by atoms with Crippen LogP contribution in [-0.4, -0.2) is 58.7 Å². The van der Waals surface area contributed by atoms with Crippen molar-refractivity contribution in [2.75, 3.05) is 52.2 Å². The average molecular weight is 413 g/mol. The molecule has 3 rings (SSSR count). The number of quaternary nitrogens is 2. The summed E-state index contributed by atoms with van der Waals surface area (Å²) in [6, 6.07) is 15.6. The number of aryl methyl sites for hydroxylation is 1. The third-order valence-corrected chi connectivity index (χ3v) is 5.75. The summed E-state index contributed by atoms with van der Waals surface area (Å²) in [6.07, 6.45) is 0. The molecule has 160 valence electrons. The molecule has 0 saturated carbocycles. The smallest absolute Gasteiger partial charge is 0.313 e. The molecule has 1 saturated heterocycles. The van der Waals surface area contributed by atoms with Gasteiger partial charge in [-0.05, 0) is 19.1 Å². The third-order valence-electron chi connectivity index (χ3n) is 5.75. The molecule has 0 bridgehead atoms. The Bertz CT molecular complexity index is 861. The summed E-state index contributed by atoms with van der Waals surface area (Å²) in [5.74, 6) is -0.822. The molecule has 1 aliphatic heterocycles. The number of amides is 2. The van der Waals surface area contributed by atoms with Gasteiger partial charge < -0.3 is 25.2 Å². The number of nitrogens with one attached hydrogen (secondary N) is 4. The lowest BCUT2D eigenvalue weighted by atomic mass is 10.0. The molecule has 2 aromatic carbocycles. The van der Waals surface area contributed by atoms with E-state index in [2.05, 4.69) is 48.9 Å². The largest absolute Gasteiger partial charge is 0.495 e. The van der Waals surface area contributed by atoms with Gasteiger partial charge in [0.05, 0.1) is 26.4 Å². The Balaban J connectivity index is 1.66. The second-order valence-electron chi connectivity index (χ2n) is 7.94. The number of methoxy groups -OCH3 is 1. The van der Waals surface area contributed by atoms with Crippen molar-refractivity contribution < 1.29 is 24.1 Å². The molecule has 0 spiro atoms. The molecule has 0 aliphatic carbocycles. The van der Waals surface area contributed by atoms with E-state index >= 15 is 0 Å². The zero-order valence-electron chi connectivity index (χ0n) is 18.0. The highest BCUT2D eigenvalue weighted by Gasteiger charge is 2.30. The van der Waals surface area contributed by atoms with Gasteiger partial charge in [0.15, 0.2) is 0 Å². The van der Waals surface area contributed by atoms with Gasteiger partial charge in [0, 0.05) is 5.56 Å². The Morgan fingerprint density at radius 1 is 1.00 bits per heavy atom. The van der Waals surface area contributed by atoms with Gasteiger partial charge >= 0.3 is 11.8 Å². The maximum atomic E-state index is 12.5. The molecular formula is C23H32N4O3+2. The Kier molecular flexibility index (Phi) is 7.43. The zero-order chi connectivity index (χ0) is 21.5. The summed E-state index contributed by atoms with van der Waals surface area (Å²) in [7, 11) is 3.74. The van der Waals surface area contributed by atoms with E-state index in [0.717, 1.165) is 26.2 Å². The van der Waals surface area contributed by atoms with Crippen LogP contribution in [0.25, 0.3) is 0 Å². The molecule has 2 aromatic rings. The molecule has 1 atom stereocenters. The van der Waals surface area contributed by atoms with Crippen molar-refractivity contribution in [3.8, 4) is 5.75 Å². The molecule has 7 heteroatoms. The number of carbonyl (C=O) groups is 2. The van der Waals surface area contributed by atoms with E-state index in [-0.39, 0.29) is 6.04 Å². The minimum Gasteiger partial charge on any atom is -0.495 e. The topological polar surface area (TPSA) is 76.3 Å². The van der Waals surface area contributed by atoms with Crippen LogP contribution in [0.2, 0.25) is 0 Å². The quantitative estimate of drug-likeness (QED) is 0.470. The summed E-state index contributed by atoms with van der Waals surface area (Å²) < 4.78 is 5.23. The number of para-hydroxylation sites is 2. The summed E-state index contributed by atoms with van der Waals surface area (Å²) in [6.45, 7) is 6.74. The summed E-state index contributed by atoms with van der Waals surface area (Å²) in [5.41, 5.74) is 2.86. The van der Waals surface area contributed by atoms with E-state index in [4.69, 9.17) is 4.74 Å². The zero-order valence-corrected chi connectivity index (χ0v) is 18.0. The van der Waals surface area contributed by atoms with Gasteiger partial charge in [-0.25, -0.2) is 0 Å². The van der Waals surface area contributed by atoms with E-state index < -0.39 is 11.8 Å². The van der Waals surface area contributed by atoms with Crippen LogP contribution in [0, 0.1) is 6.92 Å². The van der Waals surface area contributed by atoms with Crippen molar-refractivity contribution >= 4 is 17.5 Å². The number of likely N-dealkylation sites (N-methyl/N-ethyl adjacent to an activating group) is 1. The maximum absolute atomic E-state index is 12.5. The summed E-state index contributed by atoms with van der Waals surface area (Å²) in [4.78, 5) is 27.9. The summed E-state index contributed by atoms with van der Waals surface area (Å²) >= 11 is 0. The molecule has 1 heterocycles. The Morgan fingerprint density at radius 2 is 1.67 bits per heavy atom. The predicted molar refractivity (Wildman–Crippen MR) is 116 cm³/mol. The molecular weight excluding hydrogens is 380 g/mol. The first-order chi connectivity index (χ1) is 14.5. The Hall–Kier alpha value is -2.90. The average Bonchev–Trinajstić information content (AvgIpc) is 2.76. The van der Waals surface area contributed by atoms with E-state index in [9.17, 15) is 9.59 Å². The fourth-order valence-corrected chi connectivity index (χ4v) is 3.85. The van der Waals surface area contributed by atoms with Crippen LogP contribution in [-0.2, 0) is 9.59 Å². The number of carbonyl (C=O) groups excluding carboxylic acids is 2. The number of piperazine rings is 1. The van der Waals surface area contributed by atoms with Crippen LogP contribution in [0.3, 0.4) is 0 Å². The highest BCUT2D eigenvalue weighted by Crippen LogP contribution is 2.22. The predicted octanol–water partition coefficient (Wildman–Crippen LogP) is -0.787. The van der Waals surface area contributed by atoms with Crippen LogP contribution in [0.5, 0.6) is 5.75 Å². The van der Waals surface area contributed by atoms with Gasteiger partial charge in [0.25, 0.3) is 0 Å². The Morgan fingerprint density at radius 3 is 2.33 bits per heavy atom. The first kappa shape index (κ1) is 21.8. The molecule has 1 aliphatic rings. The minimum atomic E-state index is -0.694. The molecule has 0 aromatic heterocycles. The van der Waals surface area contributed by atoms with Crippen molar-refractivity contribution in [1.82, 2.24) is 5.32 Å². The molecule has 2 amide bonds. The number of rotatable bonds is 6. The molecule has 4 N–H and O–H groups in total. The fraction of sp³-hybridized carbons (Fsp3) is 0.391. The van der Waals surface area contributed by atoms with Crippen LogP contribution in [0.1, 0.15) is 17.2 Å². The third kappa shape index (κ3) is 5.58. The fourth-order valence-electron chi connectivity index (χ4n) is 3.85.